The maximum absolute atomic E-state index is 13.2. The molecule has 0 unspecified atom stereocenters. The van der Waals surface area contributed by atoms with Crippen LogP contribution < -0.4 is 16.1 Å². The smallest absolute Gasteiger partial charge is 0.345 e. The topological polar surface area (TPSA) is 80.7 Å². The number of hydrogen-bond acceptors (Lipinski definition) is 7. The molecule has 8 heteroatoms. The molecule has 0 atom stereocenters. The van der Waals surface area contributed by atoms with Gasteiger partial charge in [0.1, 0.15) is 16.7 Å². The van der Waals surface area contributed by atoms with E-state index in [2.05, 4.69) is 21.1 Å². The lowest BCUT2D eigenvalue weighted by Crippen LogP contribution is -2.34. The highest BCUT2D eigenvalue weighted by molar-refractivity contribution is 7.18. The van der Waals surface area contributed by atoms with Crippen molar-refractivity contribution in [3.05, 3.63) is 66.4 Å². The van der Waals surface area contributed by atoms with E-state index in [1.165, 1.54) is 33.3 Å². The number of fused-ring (bicyclic) bond motifs is 5. The number of anilines is 1. The van der Waals surface area contributed by atoms with Crippen molar-refractivity contribution in [2.75, 3.05) is 18.0 Å². The van der Waals surface area contributed by atoms with Crippen LogP contribution in [0.15, 0.2) is 37.6 Å². The van der Waals surface area contributed by atoms with E-state index in [9.17, 15) is 9.59 Å². The van der Waals surface area contributed by atoms with Gasteiger partial charge in [-0.2, -0.15) is 9.78 Å². The zero-order chi connectivity index (χ0) is 22.8. The average molecular weight is 473 g/mol. The first kappa shape index (κ1) is 20.1. The number of aromatic nitrogens is 2. The second-order valence-electron chi connectivity index (χ2n) is 9.49. The normalized spacial score (nSPS) is 17.5. The molecule has 172 valence electrons. The van der Waals surface area contributed by atoms with E-state index in [0.717, 1.165) is 85.8 Å². The van der Waals surface area contributed by atoms with Gasteiger partial charge in [0.2, 0.25) is 0 Å². The lowest BCUT2D eigenvalue weighted by Gasteiger charge is -2.37. The second-order valence-corrected chi connectivity index (χ2v) is 10.6. The number of rotatable bonds is 2. The molecule has 0 N–H and O–H groups in total. The minimum absolute atomic E-state index is 0.176. The number of hydrogen-bond donors (Lipinski definition) is 0. The molecular weight excluding hydrogens is 448 g/mol. The molecule has 2 aliphatic heterocycles. The van der Waals surface area contributed by atoms with Crippen LogP contribution >= 0.6 is 11.3 Å². The fourth-order valence-electron chi connectivity index (χ4n) is 5.90. The van der Waals surface area contributed by atoms with Gasteiger partial charge in [-0.05, 0) is 74.6 Å². The van der Waals surface area contributed by atoms with E-state index in [1.54, 1.807) is 11.3 Å². The largest absolute Gasteiger partial charge is 0.422 e. The van der Waals surface area contributed by atoms with Crippen molar-refractivity contribution >= 4 is 44.4 Å². The van der Waals surface area contributed by atoms with Crippen LogP contribution in [0.2, 0.25) is 0 Å². The van der Waals surface area contributed by atoms with Crippen LogP contribution in [0, 0.1) is 0 Å². The summed E-state index contributed by atoms with van der Waals surface area (Å²) >= 11 is 1.62. The molecule has 3 aromatic heterocycles. The minimum atomic E-state index is -0.435. The molecule has 1 aliphatic carbocycles. The molecular formula is C26H24N4O3S. The van der Waals surface area contributed by atoms with Crippen molar-refractivity contribution in [2.24, 2.45) is 5.10 Å². The van der Waals surface area contributed by atoms with Gasteiger partial charge in [-0.1, -0.05) is 0 Å². The highest BCUT2D eigenvalue weighted by Crippen LogP contribution is 2.39. The van der Waals surface area contributed by atoms with Crippen molar-refractivity contribution < 1.29 is 4.42 Å². The molecule has 34 heavy (non-hydrogen) atoms. The standard InChI is InChI=1S/C26H24N4O3S/c31-25-21-18-6-1-2-8-20(18)34-24(21)27-14-30(25)28-13-17-12-16-11-15-5-3-9-29-10-4-7-19(22(15)29)23(16)33-26(17)32/h11-14H,1-10H2/b28-13+. The summed E-state index contributed by atoms with van der Waals surface area (Å²) in [5, 5.41) is 5.93. The Morgan fingerprint density at radius 2 is 1.82 bits per heavy atom. The van der Waals surface area contributed by atoms with Gasteiger partial charge in [0.05, 0.1) is 17.2 Å². The maximum atomic E-state index is 13.2. The highest BCUT2D eigenvalue weighted by Gasteiger charge is 2.27. The first-order valence-corrected chi connectivity index (χ1v) is 12.9. The van der Waals surface area contributed by atoms with Crippen molar-refractivity contribution in [3.63, 3.8) is 0 Å². The SMILES string of the molecule is O=c1oc2c3c4c(cc2cc1/C=N/n1cnc2sc5c(c2c1=O)CCCC5)CCCN4CCC3. The first-order valence-electron chi connectivity index (χ1n) is 12.1. The van der Waals surface area contributed by atoms with Crippen molar-refractivity contribution in [1.29, 1.82) is 0 Å². The van der Waals surface area contributed by atoms with E-state index >= 15 is 0 Å². The maximum Gasteiger partial charge on any atom is 0.345 e. The highest BCUT2D eigenvalue weighted by atomic mass is 32.1. The third-order valence-corrected chi connectivity index (χ3v) is 8.62. The third kappa shape index (κ3) is 3.01. The fraction of sp³-hybridized carbons (Fsp3) is 0.385. The van der Waals surface area contributed by atoms with E-state index in [1.807, 2.05) is 6.07 Å². The molecule has 5 heterocycles. The van der Waals surface area contributed by atoms with Gasteiger partial charge in [-0.15, -0.1) is 11.3 Å². The Morgan fingerprint density at radius 1 is 1.00 bits per heavy atom. The van der Waals surface area contributed by atoms with Gasteiger partial charge < -0.3 is 9.32 Å². The van der Waals surface area contributed by atoms with E-state index in [4.69, 9.17) is 4.42 Å². The zero-order valence-electron chi connectivity index (χ0n) is 18.8. The summed E-state index contributed by atoms with van der Waals surface area (Å²) in [6.45, 7) is 2.14. The van der Waals surface area contributed by atoms with Gasteiger partial charge in [0.25, 0.3) is 5.56 Å². The van der Waals surface area contributed by atoms with Crippen molar-refractivity contribution in [2.45, 2.75) is 51.4 Å². The van der Waals surface area contributed by atoms with Crippen LogP contribution in [-0.2, 0) is 25.7 Å². The molecule has 0 saturated heterocycles. The van der Waals surface area contributed by atoms with Crippen molar-refractivity contribution in [1.82, 2.24) is 9.66 Å². The van der Waals surface area contributed by atoms with Crippen LogP contribution in [0.5, 0.6) is 0 Å². The van der Waals surface area contributed by atoms with Crippen molar-refractivity contribution in [3.8, 4) is 0 Å². The molecule has 0 bridgehead atoms. The first-order chi connectivity index (χ1) is 16.7. The van der Waals surface area contributed by atoms with E-state index < -0.39 is 5.63 Å². The molecule has 7 rings (SSSR count). The number of benzene rings is 1. The average Bonchev–Trinajstić information content (AvgIpc) is 3.24. The van der Waals surface area contributed by atoms with E-state index in [-0.39, 0.29) is 5.56 Å². The zero-order valence-corrected chi connectivity index (χ0v) is 19.6. The molecule has 0 amide bonds. The monoisotopic (exact) mass is 472 g/mol. The minimum Gasteiger partial charge on any atom is -0.422 e. The summed E-state index contributed by atoms with van der Waals surface area (Å²) in [7, 11) is 0. The molecule has 3 aliphatic rings. The van der Waals surface area contributed by atoms with Crippen LogP contribution in [0.3, 0.4) is 0 Å². The van der Waals surface area contributed by atoms with Gasteiger partial charge in [-0.3, -0.25) is 4.79 Å². The quantitative estimate of drug-likeness (QED) is 0.325. The molecule has 1 aromatic carbocycles. The molecule has 0 fully saturated rings. The summed E-state index contributed by atoms with van der Waals surface area (Å²) < 4.78 is 7.08. The lowest BCUT2D eigenvalue weighted by atomic mass is 9.90. The van der Waals surface area contributed by atoms with Gasteiger partial charge >= 0.3 is 5.63 Å². The Bertz CT molecular complexity index is 1630. The second kappa shape index (κ2) is 7.63. The van der Waals surface area contributed by atoms with Crippen LogP contribution in [-0.4, -0.2) is 29.0 Å². The molecule has 7 nitrogen and oxygen atoms in total. The van der Waals surface area contributed by atoms with E-state index in [0.29, 0.717) is 16.5 Å². The third-order valence-electron chi connectivity index (χ3n) is 7.42. The number of thiophene rings is 1. The van der Waals surface area contributed by atoms with Crippen LogP contribution in [0.4, 0.5) is 5.69 Å². The molecule has 0 spiro atoms. The lowest BCUT2D eigenvalue weighted by molar-refractivity contribution is 0.548. The van der Waals surface area contributed by atoms with Crippen LogP contribution in [0.25, 0.3) is 21.2 Å². The number of aryl methyl sites for hydroxylation is 4. The summed E-state index contributed by atoms with van der Waals surface area (Å²) in [4.78, 5) is 35.0. The summed E-state index contributed by atoms with van der Waals surface area (Å²) in [5.74, 6) is 0. The summed E-state index contributed by atoms with van der Waals surface area (Å²) in [5.41, 5.74) is 5.32. The molecule has 4 aromatic rings. The Hall–Kier alpha value is -3.26. The Kier molecular flexibility index (Phi) is 4.52. The van der Waals surface area contributed by atoms with Crippen LogP contribution in [0.1, 0.15) is 52.8 Å². The van der Waals surface area contributed by atoms with Gasteiger partial charge in [0.15, 0.2) is 0 Å². The van der Waals surface area contributed by atoms with Gasteiger partial charge in [-0.25, -0.2) is 9.78 Å². The fourth-order valence-corrected chi connectivity index (χ4v) is 7.12. The number of nitrogens with zero attached hydrogens (tertiary/aromatic N) is 4. The summed E-state index contributed by atoms with van der Waals surface area (Å²) in [6.07, 6.45) is 11.2. The molecule has 0 saturated carbocycles. The molecule has 0 radical (unpaired) electrons. The van der Waals surface area contributed by atoms with Gasteiger partial charge in [0, 0.05) is 34.6 Å². The summed E-state index contributed by atoms with van der Waals surface area (Å²) in [6, 6.07) is 4.00. The Morgan fingerprint density at radius 3 is 2.74 bits per heavy atom. The Labute approximate surface area is 199 Å². The predicted octanol–water partition coefficient (Wildman–Crippen LogP) is 4.02. The Balaban J connectivity index is 1.32. The predicted molar refractivity (Wildman–Crippen MR) is 135 cm³/mol.